The predicted molar refractivity (Wildman–Crippen MR) is 113 cm³/mol. The fraction of sp³-hybridized carbons (Fsp3) is 0.115. The van der Waals surface area contributed by atoms with Gasteiger partial charge in [0.05, 0.1) is 5.56 Å². The molecule has 2 heteroatoms. The van der Waals surface area contributed by atoms with Crippen LogP contribution in [0.3, 0.4) is 0 Å². The van der Waals surface area contributed by atoms with Crippen LogP contribution in [0.1, 0.15) is 23.9 Å². The van der Waals surface area contributed by atoms with Crippen LogP contribution in [0.5, 0.6) is 0 Å². The molecule has 28 heavy (non-hydrogen) atoms. The molecule has 1 aliphatic carbocycles. The second-order valence-corrected chi connectivity index (χ2v) is 8.01. The van der Waals surface area contributed by atoms with Gasteiger partial charge < -0.3 is 0 Å². The van der Waals surface area contributed by atoms with Crippen molar-refractivity contribution in [2.45, 2.75) is 18.4 Å². The van der Waals surface area contributed by atoms with E-state index in [9.17, 15) is 0 Å². The molecular formula is C26H19N2+. The lowest BCUT2D eigenvalue weighted by molar-refractivity contribution is -0.667. The Morgan fingerprint density at radius 1 is 0.750 bits per heavy atom. The van der Waals surface area contributed by atoms with Gasteiger partial charge in [0.15, 0.2) is 11.0 Å². The van der Waals surface area contributed by atoms with Gasteiger partial charge in [-0.2, -0.15) is 4.57 Å². The molecule has 0 bridgehead atoms. The summed E-state index contributed by atoms with van der Waals surface area (Å²) in [6, 6.07) is 33.8. The first-order chi connectivity index (χ1) is 13.9. The largest absolute Gasteiger partial charge is 0.295 e. The molecule has 5 aromatic rings. The Balaban J connectivity index is 1.69. The Morgan fingerprint density at radius 2 is 1.54 bits per heavy atom. The monoisotopic (exact) mass is 359 g/mol. The molecule has 1 aromatic heterocycles. The third-order valence-electron chi connectivity index (χ3n) is 6.52. The number of hydrogen-bond donors (Lipinski definition) is 0. The summed E-state index contributed by atoms with van der Waals surface area (Å²) >= 11 is 0. The van der Waals surface area contributed by atoms with Crippen molar-refractivity contribution in [2.24, 2.45) is 0 Å². The molecule has 1 aliphatic heterocycles. The van der Waals surface area contributed by atoms with Gasteiger partial charge in [-0.25, -0.2) is 4.57 Å². The van der Waals surface area contributed by atoms with Crippen molar-refractivity contribution in [3.05, 3.63) is 96.6 Å². The molecule has 0 saturated heterocycles. The molecule has 0 amide bonds. The standard InChI is InChI=1S/C26H19N2/c1-2-10-18-17(8-1)9-7-15-22(18)27-23-13-5-6-14-24(23)28-25-16-21(25)19-11-3-4-12-20(19)26(27)28/h1-15,21,25H,16H2/q+1. The summed E-state index contributed by atoms with van der Waals surface area (Å²) < 4.78 is 5.09. The molecule has 2 unspecified atom stereocenters. The number of para-hydroxylation sites is 2. The van der Waals surface area contributed by atoms with Crippen LogP contribution >= 0.6 is 0 Å². The number of rotatable bonds is 1. The van der Waals surface area contributed by atoms with E-state index in [1.54, 1.807) is 0 Å². The van der Waals surface area contributed by atoms with Gasteiger partial charge in [0.1, 0.15) is 11.7 Å². The Labute approximate surface area is 163 Å². The number of hydrogen-bond acceptors (Lipinski definition) is 0. The van der Waals surface area contributed by atoms with Crippen LogP contribution in [0.15, 0.2) is 91.0 Å². The third-order valence-corrected chi connectivity index (χ3v) is 6.52. The van der Waals surface area contributed by atoms with Gasteiger partial charge in [-0.1, -0.05) is 66.7 Å². The van der Waals surface area contributed by atoms with Gasteiger partial charge in [-0.3, -0.25) is 0 Å². The van der Waals surface area contributed by atoms with Crippen LogP contribution in [0.25, 0.3) is 38.9 Å². The van der Waals surface area contributed by atoms with Gasteiger partial charge in [0, 0.05) is 11.3 Å². The van der Waals surface area contributed by atoms with Crippen LogP contribution < -0.4 is 4.57 Å². The number of fused-ring (bicyclic) bond motifs is 9. The van der Waals surface area contributed by atoms with Crippen molar-refractivity contribution in [1.29, 1.82) is 0 Å². The second kappa shape index (κ2) is 5.11. The highest BCUT2D eigenvalue weighted by Crippen LogP contribution is 2.55. The first kappa shape index (κ1) is 14.6. The zero-order chi connectivity index (χ0) is 18.2. The third kappa shape index (κ3) is 1.75. The van der Waals surface area contributed by atoms with Crippen molar-refractivity contribution in [1.82, 2.24) is 4.57 Å². The summed E-state index contributed by atoms with van der Waals surface area (Å²) in [5.74, 6) is 1.99. The summed E-state index contributed by atoms with van der Waals surface area (Å²) in [5.41, 5.74) is 6.78. The number of imidazole rings is 1. The summed E-state index contributed by atoms with van der Waals surface area (Å²) in [7, 11) is 0. The van der Waals surface area contributed by atoms with Crippen molar-refractivity contribution >= 4 is 21.8 Å². The smallest absolute Gasteiger partial charge is 0.219 e. The number of aromatic nitrogens is 2. The van der Waals surface area contributed by atoms with Crippen LogP contribution in [0, 0.1) is 0 Å². The molecule has 1 fully saturated rings. The molecule has 2 heterocycles. The van der Waals surface area contributed by atoms with Crippen molar-refractivity contribution < 1.29 is 4.57 Å². The highest BCUT2D eigenvalue weighted by atomic mass is 15.2. The molecule has 4 aromatic carbocycles. The van der Waals surface area contributed by atoms with Gasteiger partial charge in [0.25, 0.3) is 5.82 Å². The van der Waals surface area contributed by atoms with Crippen LogP contribution in [-0.4, -0.2) is 4.57 Å². The fourth-order valence-corrected chi connectivity index (χ4v) is 5.25. The average molecular weight is 359 g/mol. The van der Waals surface area contributed by atoms with E-state index in [4.69, 9.17) is 0 Å². The van der Waals surface area contributed by atoms with Gasteiger partial charge >= 0.3 is 0 Å². The minimum absolute atomic E-state index is 0.589. The molecule has 2 nitrogen and oxygen atoms in total. The Kier molecular flexibility index (Phi) is 2.67. The van der Waals surface area contributed by atoms with E-state index in [-0.39, 0.29) is 0 Å². The van der Waals surface area contributed by atoms with E-state index in [1.165, 1.54) is 50.9 Å². The predicted octanol–water partition coefficient (Wildman–Crippen LogP) is 5.78. The van der Waals surface area contributed by atoms with E-state index in [0.717, 1.165) is 0 Å². The maximum atomic E-state index is 2.60. The molecule has 1 saturated carbocycles. The summed E-state index contributed by atoms with van der Waals surface area (Å²) in [6.45, 7) is 0. The quantitative estimate of drug-likeness (QED) is 0.336. The minimum Gasteiger partial charge on any atom is -0.219 e. The van der Waals surface area contributed by atoms with E-state index in [0.29, 0.717) is 12.0 Å². The van der Waals surface area contributed by atoms with Gasteiger partial charge in [0.2, 0.25) is 0 Å². The van der Waals surface area contributed by atoms with Crippen LogP contribution in [0.4, 0.5) is 0 Å². The number of nitrogens with zero attached hydrogens (tertiary/aromatic N) is 2. The molecule has 2 aliphatic rings. The first-order valence-corrected chi connectivity index (χ1v) is 10.0. The lowest BCUT2D eigenvalue weighted by atomic mass is 9.99. The normalized spacial score (nSPS) is 19.3. The van der Waals surface area contributed by atoms with Gasteiger partial charge in [-0.15, -0.1) is 0 Å². The molecule has 0 radical (unpaired) electrons. The zero-order valence-electron chi connectivity index (χ0n) is 15.4. The van der Waals surface area contributed by atoms with E-state index >= 15 is 0 Å². The lowest BCUT2D eigenvalue weighted by Crippen LogP contribution is -2.37. The average Bonchev–Trinajstić information content (AvgIpc) is 3.49. The molecule has 0 N–H and O–H groups in total. The maximum Gasteiger partial charge on any atom is 0.295 e. The maximum absolute atomic E-state index is 2.60. The van der Waals surface area contributed by atoms with E-state index < -0.39 is 0 Å². The Bertz CT molecular complexity index is 1400. The van der Waals surface area contributed by atoms with Gasteiger partial charge in [-0.05, 0) is 41.6 Å². The highest BCUT2D eigenvalue weighted by Gasteiger charge is 2.53. The summed E-state index contributed by atoms with van der Waals surface area (Å²) in [5, 5.41) is 2.58. The Hall–Kier alpha value is -3.39. The molecular weight excluding hydrogens is 340 g/mol. The first-order valence-electron chi connectivity index (χ1n) is 10.0. The topological polar surface area (TPSA) is 8.81 Å². The van der Waals surface area contributed by atoms with Crippen molar-refractivity contribution in [2.75, 3.05) is 0 Å². The molecule has 7 rings (SSSR count). The SMILES string of the molecule is c1ccc2c(c1)-c1n(-c3cccc4ccccc34)c3ccccc3[n+]1C1CC21. The second-order valence-electron chi connectivity index (χ2n) is 8.01. The van der Waals surface area contributed by atoms with E-state index in [1.807, 2.05) is 0 Å². The van der Waals surface area contributed by atoms with Crippen molar-refractivity contribution in [3.63, 3.8) is 0 Å². The molecule has 0 spiro atoms. The minimum atomic E-state index is 0.589. The highest BCUT2D eigenvalue weighted by molar-refractivity contribution is 5.93. The van der Waals surface area contributed by atoms with E-state index in [2.05, 4.69) is 100 Å². The fourth-order valence-electron chi connectivity index (χ4n) is 5.25. The van der Waals surface area contributed by atoms with Crippen LogP contribution in [-0.2, 0) is 0 Å². The molecule has 132 valence electrons. The molecule has 2 atom stereocenters. The summed E-state index contributed by atoms with van der Waals surface area (Å²) in [4.78, 5) is 0. The number of benzene rings is 4. The lowest BCUT2D eigenvalue weighted by Gasteiger charge is -2.14. The zero-order valence-corrected chi connectivity index (χ0v) is 15.4. The van der Waals surface area contributed by atoms with Crippen molar-refractivity contribution in [3.8, 4) is 17.1 Å². The Morgan fingerprint density at radius 3 is 2.54 bits per heavy atom. The summed E-state index contributed by atoms with van der Waals surface area (Å²) in [6.07, 6.45) is 1.25. The van der Waals surface area contributed by atoms with Crippen LogP contribution in [0.2, 0.25) is 0 Å².